The van der Waals surface area contributed by atoms with Crippen LogP contribution in [0.15, 0.2) is 36.7 Å². The Hall–Kier alpha value is -2.98. The van der Waals surface area contributed by atoms with Crippen molar-refractivity contribution in [2.75, 3.05) is 46.8 Å². The molecule has 0 aliphatic carbocycles. The third-order valence-corrected chi connectivity index (χ3v) is 9.02. The van der Waals surface area contributed by atoms with Crippen LogP contribution in [0, 0.1) is 5.92 Å². The van der Waals surface area contributed by atoms with Gasteiger partial charge in [0.05, 0.1) is 11.4 Å². The smallest absolute Gasteiger partial charge is 0.227 e. The lowest BCUT2D eigenvalue weighted by Crippen LogP contribution is -2.57. The normalized spacial score (nSPS) is 21.6. The molecule has 38 heavy (non-hydrogen) atoms. The highest BCUT2D eigenvalue weighted by molar-refractivity contribution is 7.90. The lowest BCUT2D eigenvalue weighted by Gasteiger charge is -2.48. The van der Waals surface area contributed by atoms with Gasteiger partial charge in [0.2, 0.25) is 5.95 Å². The van der Waals surface area contributed by atoms with Gasteiger partial charge in [0, 0.05) is 61.3 Å². The maximum absolute atomic E-state index is 11.8. The number of sulfone groups is 1. The topological polar surface area (TPSA) is 112 Å². The summed E-state index contributed by atoms with van der Waals surface area (Å²) in [5.41, 5.74) is 1.70. The molecule has 204 valence electrons. The Labute approximate surface area is 225 Å². The zero-order valence-corrected chi connectivity index (χ0v) is 23.7. The second-order valence-corrected chi connectivity index (χ2v) is 13.7. The molecule has 2 aliphatic heterocycles. The van der Waals surface area contributed by atoms with Gasteiger partial charge in [-0.3, -0.25) is 0 Å². The third-order valence-electron chi connectivity index (χ3n) is 7.99. The molecule has 2 fully saturated rings. The summed E-state index contributed by atoms with van der Waals surface area (Å²) in [4.78, 5) is 18.3. The van der Waals surface area contributed by atoms with E-state index in [-0.39, 0.29) is 17.7 Å². The van der Waals surface area contributed by atoms with Crippen molar-refractivity contribution in [3.8, 4) is 0 Å². The number of anilines is 4. The van der Waals surface area contributed by atoms with Crippen molar-refractivity contribution in [1.82, 2.24) is 15.0 Å². The van der Waals surface area contributed by atoms with E-state index in [1.54, 1.807) is 6.20 Å². The van der Waals surface area contributed by atoms with E-state index < -0.39 is 15.4 Å². The number of benzene rings is 1. The van der Waals surface area contributed by atoms with E-state index in [1.807, 2.05) is 19.2 Å². The van der Waals surface area contributed by atoms with Crippen molar-refractivity contribution in [2.24, 2.45) is 5.92 Å². The summed E-state index contributed by atoms with van der Waals surface area (Å²) < 4.78 is 23.6. The highest BCUT2D eigenvalue weighted by Gasteiger charge is 2.38. The number of piperidine rings is 1. The first-order chi connectivity index (χ1) is 17.9. The Balaban J connectivity index is 1.40. The highest BCUT2D eigenvalue weighted by Crippen LogP contribution is 2.39. The number of hydrogen-bond donors (Lipinski definition) is 2. The van der Waals surface area contributed by atoms with Crippen LogP contribution in [0.4, 0.5) is 23.3 Å². The van der Waals surface area contributed by atoms with Gasteiger partial charge in [0.15, 0.2) is 0 Å². The second kappa shape index (κ2) is 9.96. The van der Waals surface area contributed by atoms with E-state index in [0.717, 1.165) is 23.0 Å². The fourth-order valence-electron chi connectivity index (χ4n) is 5.55. The average molecular weight is 539 g/mol. The molecule has 0 bridgehead atoms. The summed E-state index contributed by atoms with van der Waals surface area (Å²) in [7, 11) is -3.01. The molecule has 10 heteroatoms. The van der Waals surface area contributed by atoms with Crippen LogP contribution in [-0.4, -0.2) is 71.8 Å². The van der Waals surface area contributed by atoms with Gasteiger partial charge in [-0.2, -0.15) is 4.98 Å². The van der Waals surface area contributed by atoms with Gasteiger partial charge in [-0.1, -0.05) is 19.9 Å². The first kappa shape index (κ1) is 26.6. The van der Waals surface area contributed by atoms with E-state index in [4.69, 9.17) is 9.97 Å². The lowest BCUT2D eigenvalue weighted by molar-refractivity contribution is 0.0349. The Bertz CT molecular complexity index is 1430. The SMILES string of the molecule is CC(C)c1ccc(N2C[C@H](CS(C)(=O)=O)[C@H]2C)c2cnc(Nc3ccnc(N4CCC(C)(O)CC4)n3)cc12. The molecule has 0 unspecified atom stereocenters. The maximum atomic E-state index is 11.8. The standard InChI is InChI=1S/C28H38N6O3S/c1-18(2)21-6-7-24(34-16-20(19(34)3)17-38(5,36)37)23-15-30-26(14-22(21)23)31-25-8-11-29-27(32-25)33-12-9-28(4,35)10-13-33/h6-8,11,14-15,18-20,35H,9-10,12-13,16-17H2,1-5H3,(H,29,30,31,32)/t19-,20-/m1/s1. The zero-order valence-electron chi connectivity index (χ0n) is 22.8. The third kappa shape index (κ3) is 5.56. The first-order valence-electron chi connectivity index (χ1n) is 13.3. The minimum absolute atomic E-state index is 0.136. The predicted octanol–water partition coefficient (Wildman–Crippen LogP) is 4.11. The summed E-state index contributed by atoms with van der Waals surface area (Å²) >= 11 is 0. The molecule has 2 aromatic heterocycles. The molecular formula is C28H38N6O3S. The van der Waals surface area contributed by atoms with Crippen LogP contribution in [-0.2, 0) is 9.84 Å². The minimum atomic E-state index is -3.01. The van der Waals surface area contributed by atoms with E-state index >= 15 is 0 Å². The van der Waals surface area contributed by atoms with Gasteiger partial charge >= 0.3 is 0 Å². The number of nitrogens with zero attached hydrogens (tertiary/aromatic N) is 5. The quantitative estimate of drug-likeness (QED) is 0.459. The van der Waals surface area contributed by atoms with Crippen LogP contribution in [0.5, 0.6) is 0 Å². The van der Waals surface area contributed by atoms with Gasteiger partial charge in [0.25, 0.3) is 0 Å². The van der Waals surface area contributed by atoms with Crippen LogP contribution in [0.25, 0.3) is 10.8 Å². The summed E-state index contributed by atoms with van der Waals surface area (Å²) in [6, 6.07) is 8.38. The number of pyridine rings is 1. The molecule has 0 saturated carbocycles. The van der Waals surface area contributed by atoms with Crippen molar-refractivity contribution < 1.29 is 13.5 Å². The van der Waals surface area contributed by atoms with Crippen molar-refractivity contribution >= 4 is 43.9 Å². The first-order valence-corrected chi connectivity index (χ1v) is 15.4. The van der Waals surface area contributed by atoms with Crippen molar-refractivity contribution in [3.05, 3.63) is 42.2 Å². The molecule has 3 aromatic rings. The van der Waals surface area contributed by atoms with Gasteiger partial charge < -0.3 is 20.2 Å². The van der Waals surface area contributed by atoms with Crippen LogP contribution >= 0.6 is 0 Å². The van der Waals surface area contributed by atoms with Crippen LogP contribution in [0.2, 0.25) is 0 Å². The summed E-state index contributed by atoms with van der Waals surface area (Å²) in [5.74, 6) is 2.70. The van der Waals surface area contributed by atoms with Crippen LogP contribution in [0.1, 0.15) is 52.0 Å². The molecule has 0 spiro atoms. The van der Waals surface area contributed by atoms with Gasteiger partial charge in [-0.25, -0.2) is 18.4 Å². The monoisotopic (exact) mass is 538 g/mol. The number of aliphatic hydroxyl groups is 1. The van der Waals surface area contributed by atoms with Gasteiger partial charge in [-0.15, -0.1) is 0 Å². The van der Waals surface area contributed by atoms with E-state index in [1.165, 1.54) is 11.8 Å². The van der Waals surface area contributed by atoms with Gasteiger partial charge in [-0.05, 0) is 61.8 Å². The Morgan fingerprint density at radius 3 is 2.53 bits per heavy atom. The molecule has 4 heterocycles. The molecule has 5 rings (SSSR count). The van der Waals surface area contributed by atoms with E-state index in [9.17, 15) is 13.5 Å². The highest BCUT2D eigenvalue weighted by atomic mass is 32.2. The van der Waals surface area contributed by atoms with Crippen LogP contribution in [0.3, 0.4) is 0 Å². The number of fused-ring (bicyclic) bond motifs is 1. The molecule has 0 radical (unpaired) electrons. The average Bonchev–Trinajstić information content (AvgIpc) is 2.85. The molecule has 2 saturated heterocycles. The molecule has 0 amide bonds. The van der Waals surface area contributed by atoms with E-state index in [2.05, 4.69) is 59.1 Å². The molecule has 2 atom stereocenters. The fourth-order valence-corrected chi connectivity index (χ4v) is 6.71. The second-order valence-electron chi connectivity index (χ2n) is 11.5. The number of hydrogen-bond acceptors (Lipinski definition) is 9. The minimum Gasteiger partial charge on any atom is -0.390 e. The summed E-state index contributed by atoms with van der Waals surface area (Å²) in [6.07, 6.45) is 6.33. The zero-order chi connectivity index (χ0) is 27.2. The Morgan fingerprint density at radius 1 is 1.13 bits per heavy atom. The van der Waals surface area contributed by atoms with E-state index in [0.29, 0.717) is 49.4 Å². The van der Waals surface area contributed by atoms with Crippen molar-refractivity contribution in [1.29, 1.82) is 0 Å². The largest absolute Gasteiger partial charge is 0.390 e. The predicted molar refractivity (Wildman–Crippen MR) is 153 cm³/mol. The number of nitrogens with one attached hydrogen (secondary N) is 1. The van der Waals surface area contributed by atoms with Gasteiger partial charge in [0.1, 0.15) is 21.5 Å². The molecule has 2 aliphatic rings. The Morgan fingerprint density at radius 2 is 1.87 bits per heavy atom. The maximum Gasteiger partial charge on any atom is 0.227 e. The van der Waals surface area contributed by atoms with Crippen LogP contribution < -0.4 is 15.1 Å². The van der Waals surface area contributed by atoms with Crippen molar-refractivity contribution in [3.63, 3.8) is 0 Å². The molecule has 9 nitrogen and oxygen atoms in total. The number of aromatic nitrogens is 3. The molecular weight excluding hydrogens is 500 g/mol. The number of rotatable bonds is 7. The fraction of sp³-hybridized carbons (Fsp3) is 0.536. The van der Waals surface area contributed by atoms with Crippen molar-refractivity contribution in [2.45, 2.75) is 58.1 Å². The molecule has 2 N–H and O–H groups in total. The summed E-state index contributed by atoms with van der Waals surface area (Å²) in [5, 5.41) is 15.8. The Kier molecular flexibility index (Phi) is 6.98. The summed E-state index contributed by atoms with van der Waals surface area (Å²) in [6.45, 7) is 10.5. The lowest BCUT2D eigenvalue weighted by atomic mass is 9.88. The molecule has 1 aromatic carbocycles.